The van der Waals surface area contributed by atoms with E-state index in [0.29, 0.717) is 23.6 Å². The second-order valence-corrected chi connectivity index (χ2v) is 5.72. The van der Waals surface area contributed by atoms with Gasteiger partial charge < -0.3 is 14.8 Å². The van der Waals surface area contributed by atoms with Crippen molar-refractivity contribution in [1.29, 1.82) is 5.26 Å². The summed E-state index contributed by atoms with van der Waals surface area (Å²) < 4.78 is 10.6. The SMILES string of the molecule is CCOc1cc(/C=C(/C#N)C(=O)Nc2ccc(C)cc2)ccc1OC(C)=O. The number of rotatable bonds is 6. The summed E-state index contributed by atoms with van der Waals surface area (Å²) in [6, 6.07) is 14.0. The van der Waals surface area contributed by atoms with Gasteiger partial charge in [0.05, 0.1) is 6.61 Å². The Bertz CT molecular complexity index is 909. The summed E-state index contributed by atoms with van der Waals surface area (Å²) in [6.07, 6.45) is 1.45. The van der Waals surface area contributed by atoms with Crippen molar-refractivity contribution in [2.45, 2.75) is 20.8 Å². The Morgan fingerprint density at radius 1 is 1.15 bits per heavy atom. The van der Waals surface area contributed by atoms with Crippen LogP contribution >= 0.6 is 0 Å². The van der Waals surface area contributed by atoms with Gasteiger partial charge in [0.25, 0.3) is 5.91 Å². The number of benzene rings is 2. The molecule has 6 nitrogen and oxygen atoms in total. The van der Waals surface area contributed by atoms with E-state index in [2.05, 4.69) is 5.32 Å². The number of hydrogen-bond donors (Lipinski definition) is 1. The number of ether oxygens (including phenoxy) is 2. The maximum absolute atomic E-state index is 12.4. The van der Waals surface area contributed by atoms with Crippen molar-refractivity contribution in [2.75, 3.05) is 11.9 Å². The summed E-state index contributed by atoms with van der Waals surface area (Å²) in [5, 5.41) is 12.0. The normalized spacial score (nSPS) is 10.7. The van der Waals surface area contributed by atoms with E-state index in [9.17, 15) is 14.9 Å². The van der Waals surface area contributed by atoms with Crippen LogP contribution in [0.4, 0.5) is 5.69 Å². The fourth-order valence-corrected chi connectivity index (χ4v) is 2.27. The molecule has 0 bridgehead atoms. The number of aryl methyl sites for hydroxylation is 1. The third-order valence-corrected chi connectivity index (χ3v) is 3.51. The number of anilines is 1. The first kappa shape index (κ1) is 19.7. The van der Waals surface area contributed by atoms with Crippen LogP contribution in [0.15, 0.2) is 48.0 Å². The van der Waals surface area contributed by atoms with Gasteiger partial charge in [-0.3, -0.25) is 9.59 Å². The summed E-state index contributed by atoms with van der Waals surface area (Å²) in [5.41, 5.74) is 2.19. The summed E-state index contributed by atoms with van der Waals surface area (Å²) in [4.78, 5) is 23.5. The second-order valence-electron chi connectivity index (χ2n) is 5.72. The average molecular weight is 364 g/mol. The monoisotopic (exact) mass is 364 g/mol. The molecular weight excluding hydrogens is 344 g/mol. The number of carbonyl (C=O) groups excluding carboxylic acids is 2. The number of nitrogens with zero attached hydrogens (tertiary/aromatic N) is 1. The maximum Gasteiger partial charge on any atom is 0.308 e. The van der Waals surface area contributed by atoms with Crippen LogP contribution in [-0.2, 0) is 9.59 Å². The van der Waals surface area contributed by atoms with Crippen LogP contribution in [0.25, 0.3) is 6.08 Å². The van der Waals surface area contributed by atoms with Gasteiger partial charge in [0.1, 0.15) is 11.6 Å². The summed E-state index contributed by atoms with van der Waals surface area (Å²) >= 11 is 0. The van der Waals surface area contributed by atoms with Gasteiger partial charge in [0.15, 0.2) is 11.5 Å². The van der Waals surface area contributed by atoms with E-state index >= 15 is 0 Å². The Morgan fingerprint density at radius 2 is 1.85 bits per heavy atom. The zero-order valence-electron chi connectivity index (χ0n) is 15.4. The van der Waals surface area contributed by atoms with Crippen LogP contribution in [-0.4, -0.2) is 18.5 Å². The lowest BCUT2D eigenvalue weighted by Gasteiger charge is -2.10. The minimum atomic E-state index is -0.511. The lowest BCUT2D eigenvalue weighted by atomic mass is 10.1. The smallest absolute Gasteiger partial charge is 0.308 e. The quantitative estimate of drug-likeness (QED) is 0.364. The first-order valence-corrected chi connectivity index (χ1v) is 8.38. The largest absolute Gasteiger partial charge is 0.490 e. The van der Waals surface area contributed by atoms with Gasteiger partial charge in [-0.1, -0.05) is 23.8 Å². The average Bonchev–Trinajstić information content (AvgIpc) is 2.63. The van der Waals surface area contributed by atoms with Gasteiger partial charge in [0, 0.05) is 12.6 Å². The van der Waals surface area contributed by atoms with E-state index < -0.39 is 11.9 Å². The highest BCUT2D eigenvalue weighted by Crippen LogP contribution is 2.29. The summed E-state index contributed by atoms with van der Waals surface area (Å²) in [7, 11) is 0. The number of nitriles is 1. The van der Waals surface area contributed by atoms with Crippen molar-refractivity contribution in [3.63, 3.8) is 0 Å². The van der Waals surface area contributed by atoms with Crippen molar-refractivity contribution in [2.24, 2.45) is 0 Å². The first-order valence-electron chi connectivity index (χ1n) is 8.38. The molecule has 0 aliphatic heterocycles. The molecule has 0 saturated heterocycles. The highest BCUT2D eigenvalue weighted by Gasteiger charge is 2.12. The molecule has 0 aliphatic carbocycles. The molecular formula is C21H20N2O4. The Morgan fingerprint density at radius 3 is 2.44 bits per heavy atom. The highest BCUT2D eigenvalue weighted by molar-refractivity contribution is 6.09. The van der Waals surface area contributed by atoms with Crippen molar-refractivity contribution >= 4 is 23.6 Å². The molecule has 0 radical (unpaired) electrons. The van der Waals surface area contributed by atoms with E-state index in [0.717, 1.165) is 5.56 Å². The molecule has 1 amide bonds. The van der Waals surface area contributed by atoms with Gasteiger partial charge in [0.2, 0.25) is 0 Å². The third kappa shape index (κ3) is 5.72. The maximum atomic E-state index is 12.4. The number of esters is 1. The highest BCUT2D eigenvalue weighted by atomic mass is 16.6. The molecule has 2 aromatic rings. The lowest BCUT2D eigenvalue weighted by molar-refractivity contribution is -0.132. The van der Waals surface area contributed by atoms with Crippen molar-refractivity contribution in [1.82, 2.24) is 0 Å². The lowest BCUT2D eigenvalue weighted by Crippen LogP contribution is -2.13. The van der Waals surface area contributed by atoms with Crippen LogP contribution in [0, 0.1) is 18.3 Å². The molecule has 138 valence electrons. The van der Waals surface area contributed by atoms with E-state index in [1.165, 1.54) is 13.0 Å². The molecule has 0 aliphatic rings. The standard InChI is InChI=1S/C21H20N2O4/c1-4-26-20-12-16(7-10-19(20)27-15(3)24)11-17(13-22)21(25)23-18-8-5-14(2)6-9-18/h5-12H,4H2,1-3H3,(H,23,25)/b17-11-. The van der Waals surface area contributed by atoms with Gasteiger partial charge in [-0.25, -0.2) is 0 Å². The number of amides is 1. The van der Waals surface area contributed by atoms with Gasteiger partial charge in [-0.05, 0) is 49.8 Å². The molecule has 2 aromatic carbocycles. The molecule has 0 atom stereocenters. The van der Waals surface area contributed by atoms with Crippen molar-refractivity contribution in [3.05, 3.63) is 59.2 Å². The topological polar surface area (TPSA) is 88.4 Å². The van der Waals surface area contributed by atoms with Crippen LogP contribution in [0.2, 0.25) is 0 Å². The molecule has 0 aromatic heterocycles. The summed E-state index contributed by atoms with van der Waals surface area (Å²) in [5.74, 6) is -0.334. The molecule has 0 saturated carbocycles. The molecule has 27 heavy (non-hydrogen) atoms. The molecule has 6 heteroatoms. The minimum Gasteiger partial charge on any atom is -0.490 e. The minimum absolute atomic E-state index is 0.0572. The van der Waals surface area contributed by atoms with Gasteiger partial charge >= 0.3 is 5.97 Å². The fraction of sp³-hybridized carbons (Fsp3) is 0.190. The Labute approximate surface area is 158 Å². The fourth-order valence-electron chi connectivity index (χ4n) is 2.27. The Balaban J connectivity index is 2.26. The third-order valence-electron chi connectivity index (χ3n) is 3.51. The van der Waals surface area contributed by atoms with E-state index in [4.69, 9.17) is 9.47 Å². The van der Waals surface area contributed by atoms with Crippen molar-refractivity contribution in [3.8, 4) is 17.6 Å². The molecule has 1 N–H and O–H groups in total. The molecule has 2 rings (SSSR count). The van der Waals surface area contributed by atoms with Crippen LogP contribution in [0.3, 0.4) is 0 Å². The number of nitrogens with one attached hydrogen (secondary N) is 1. The molecule has 0 fully saturated rings. The number of carbonyl (C=O) groups is 2. The van der Waals surface area contributed by atoms with Crippen LogP contribution in [0.1, 0.15) is 25.0 Å². The molecule has 0 heterocycles. The number of hydrogen-bond acceptors (Lipinski definition) is 5. The van der Waals surface area contributed by atoms with E-state index in [1.54, 1.807) is 37.3 Å². The van der Waals surface area contributed by atoms with Crippen molar-refractivity contribution < 1.29 is 19.1 Å². The van der Waals surface area contributed by atoms with Crippen LogP contribution < -0.4 is 14.8 Å². The summed E-state index contributed by atoms with van der Waals surface area (Å²) in [6.45, 7) is 5.42. The molecule has 0 spiro atoms. The van der Waals surface area contributed by atoms with Crippen LogP contribution in [0.5, 0.6) is 11.5 Å². The predicted octanol–water partition coefficient (Wildman–Crippen LogP) is 3.86. The van der Waals surface area contributed by atoms with Gasteiger partial charge in [-0.2, -0.15) is 5.26 Å². The van der Waals surface area contributed by atoms with Gasteiger partial charge in [-0.15, -0.1) is 0 Å². The van der Waals surface area contributed by atoms with E-state index in [1.807, 2.05) is 25.1 Å². The Kier molecular flexibility index (Phi) is 6.73. The zero-order chi connectivity index (χ0) is 19.8. The second kappa shape index (κ2) is 9.20. The first-order chi connectivity index (χ1) is 12.9. The van der Waals surface area contributed by atoms with E-state index in [-0.39, 0.29) is 11.3 Å². The molecule has 0 unspecified atom stereocenters. The zero-order valence-corrected chi connectivity index (χ0v) is 15.4. The Hall–Kier alpha value is -3.59. The predicted molar refractivity (Wildman–Crippen MR) is 102 cm³/mol.